The number of halogens is 8. The van der Waals surface area contributed by atoms with Crippen LogP contribution in [0.4, 0.5) is 35.1 Å². The van der Waals surface area contributed by atoms with E-state index < -0.39 is 59.3 Å². The van der Waals surface area contributed by atoms with Gasteiger partial charge in [-0.3, -0.25) is 4.79 Å². The Morgan fingerprint density at radius 1 is 0.829 bits per heavy atom. The van der Waals surface area contributed by atoms with Gasteiger partial charge in [0.05, 0.1) is 23.3 Å². The first-order chi connectivity index (χ1) is 19.2. The number of carbonyl (C=O) groups excluding carboxylic acids is 1. The molecule has 1 amide bonds. The number of fused-ring (bicyclic) bond motifs is 1. The summed E-state index contributed by atoms with van der Waals surface area (Å²) >= 11 is 0. The molecule has 2 heterocycles. The van der Waals surface area contributed by atoms with Crippen LogP contribution in [0, 0.1) is 11.6 Å². The largest absolute Gasteiger partial charge is 0.416 e. The Labute approximate surface area is 230 Å². The Morgan fingerprint density at radius 3 is 1.90 bits per heavy atom. The molecule has 0 aromatic heterocycles. The van der Waals surface area contributed by atoms with Gasteiger partial charge in [-0.15, -0.1) is 0 Å². The van der Waals surface area contributed by atoms with Crippen LogP contribution in [0.25, 0.3) is 5.57 Å². The number of rotatable bonds is 5. The predicted molar refractivity (Wildman–Crippen MR) is 133 cm³/mol. The van der Waals surface area contributed by atoms with Gasteiger partial charge in [0.1, 0.15) is 11.6 Å². The minimum absolute atomic E-state index is 0.00811. The Morgan fingerprint density at radius 2 is 1.37 bits per heavy atom. The van der Waals surface area contributed by atoms with Gasteiger partial charge in [-0.2, -0.15) is 26.3 Å². The second-order valence-electron chi connectivity index (χ2n) is 10.2. The fourth-order valence-corrected chi connectivity index (χ4v) is 5.56. The summed E-state index contributed by atoms with van der Waals surface area (Å²) in [5, 5.41) is 0. The number of amides is 1. The number of benzene rings is 3. The zero-order valence-corrected chi connectivity index (χ0v) is 21.4. The average molecular weight is 582 g/mol. The molecule has 0 radical (unpaired) electrons. The van der Waals surface area contributed by atoms with Gasteiger partial charge in [-0.05, 0) is 78.1 Å². The van der Waals surface area contributed by atoms with Crippen molar-refractivity contribution in [2.45, 2.75) is 49.9 Å². The van der Waals surface area contributed by atoms with Gasteiger partial charge in [-0.25, -0.2) is 8.78 Å². The van der Waals surface area contributed by atoms with Crippen LogP contribution in [0.5, 0.6) is 0 Å². The third-order valence-electron chi connectivity index (χ3n) is 7.53. The highest BCUT2D eigenvalue weighted by molar-refractivity contribution is 5.97. The number of ether oxygens (including phenoxy) is 1. The van der Waals surface area contributed by atoms with Crippen molar-refractivity contribution in [2.75, 3.05) is 6.54 Å². The Kier molecular flexibility index (Phi) is 7.44. The molecule has 0 bridgehead atoms. The smallest absolute Gasteiger partial charge is 0.368 e. The van der Waals surface area contributed by atoms with Crippen LogP contribution >= 0.6 is 0 Å². The Bertz CT molecular complexity index is 1430. The van der Waals surface area contributed by atoms with Crippen molar-refractivity contribution >= 4 is 11.5 Å². The summed E-state index contributed by atoms with van der Waals surface area (Å²) in [6.45, 7) is 1.35. The summed E-state index contributed by atoms with van der Waals surface area (Å²) in [4.78, 5) is 14.7. The molecule has 3 aromatic rings. The third kappa shape index (κ3) is 6.00. The van der Waals surface area contributed by atoms with Crippen molar-refractivity contribution in [3.63, 3.8) is 0 Å². The zero-order valence-electron chi connectivity index (χ0n) is 21.4. The van der Waals surface area contributed by atoms with Gasteiger partial charge in [0.2, 0.25) is 5.91 Å². The molecule has 3 nitrogen and oxygen atoms in total. The van der Waals surface area contributed by atoms with Gasteiger partial charge in [0.15, 0.2) is 0 Å². The maximum Gasteiger partial charge on any atom is 0.416 e. The summed E-state index contributed by atoms with van der Waals surface area (Å²) in [7, 11) is 0. The second-order valence-corrected chi connectivity index (χ2v) is 10.2. The van der Waals surface area contributed by atoms with Crippen LogP contribution in [0.2, 0.25) is 0 Å². The summed E-state index contributed by atoms with van der Waals surface area (Å²) in [6, 6.07) is 11.8. The number of nitrogens with zero attached hydrogens (tertiary/aromatic N) is 1. The molecule has 1 fully saturated rings. The molecule has 0 aliphatic carbocycles. The number of hydrogen-bond donors (Lipinski definition) is 0. The quantitative estimate of drug-likeness (QED) is 0.287. The van der Waals surface area contributed by atoms with Gasteiger partial charge in [-0.1, -0.05) is 24.3 Å². The summed E-state index contributed by atoms with van der Waals surface area (Å²) in [5.41, 5.74) is -1.40. The van der Waals surface area contributed by atoms with E-state index in [2.05, 4.69) is 0 Å². The molecule has 216 valence electrons. The molecule has 3 aromatic carbocycles. The molecule has 4 atom stereocenters. The highest BCUT2D eigenvalue weighted by Crippen LogP contribution is 2.45. The fourth-order valence-electron chi connectivity index (χ4n) is 5.56. The van der Waals surface area contributed by atoms with Crippen molar-refractivity contribution in [1.29, 1.82) is 0 Å². The first-order valence-electron chi connectivity index (χ1n) is 12.7. The number of hydrogen-bond acceptors (Lipinski definition) is 2. The summed E-state index contributed by atoms with van der Waals surface area (Å²) in [6.07, 6.45) is -10.4. The predicted octanol–water partition coefficient (Wildman–Crippen LogP) is 7.93. The molecule has 2 unspecified atom stereocenters. The molecule has 2 aliphatic heterocycles. The molecule has 41 heavy (non-hydrogen) atoms. The monoisotopic (exact) mass is 581 g/mol. The molecule has 0 saturated carbocycles. The molecule has 0 spiro atoms. The topological polar surface area (TPSA) is 29.5 Å². The summed E-state index contributed by atoms with van der Waals surface area (Å²) < 4.78 is 114. The van der Waals surface area contributed by atoms with Gasteiger partial charge in [0, 0.05) is 24.6 Å². The lowest BCUT2D eigenvalue weighted by molar-refractivity contribution is -0.143. The first kappa shape index (κ1) is 28.8. The van der Waals surface area contributed by atoms with E-state index >= 15 is 0 Å². The van der Waals surface area contributed by atoms with Crippen LogP contribution in [0.1, 0.15) is 53.2 Å². The van der Waals surface area contributed by atoms with Crippen molar-refractivity contribution in [2.24, 2.45) is 0 Å². The Hall–Kier alpha value is -3.73. The molecule has 5 rings (SSSR count). The lowest BCUT2D eigenvalue weighted by Gasteiger charge is -2.33. The van der Waals surface area contributed by atoms with E-state index in [0.29, 0.717) is 35.3 Å². The zero-order chi connectivity index (χ0) is 29.7. The van der Waals surface area contributed by atoms with Crippen molar-refractivity contribution in [3.05, 3.63) is 112 Å². The lowest BCUT2D eigenvalue weighted by Crippen LogP contribution is -2.39. The highest BCUT2D eigenvalue weighted by Gasteiger charge is 2.48. The maximum absolute atomic E-state index is 13.8. The van der Waals surface area contributed by atoms with Gasteiger partial charge in [0.25, 0.3) is 0 Å². The molecular formula is C30H23F8NO2. The Balaban J connectivity index is 1.49. The van der Waals surface area contributed by atoms with E-state index in [0.717, 1.165) is 0 Å². The van der Waals surface area contributed by atoms with Crippen LogP contribution < -0.4 is 0 Å². The van der Waals surface area contributed by atoms with Crippen LogP contribution in [0.15, 0.2) is 72.8 Å². The van der Waals surface area contributed by atoms with Gasteiger partial charge < -0.3 is 9.64 Å². The summed E-state index contributed by atoms with van der Waals surface area (Å²) in [5.74, 6) is -1.91. The van der Waals surface area contributed by atoms with E-state index in [9.17, 15) is 39.9 Å². The maximum atomic E-state index is 13.8. The highest BCUT2D eigenvalue weighted by atomic mass is 19.4. The van der Waals surface area contributed by atoms with Crippen molar-refractivity contribution in [1.82, 2.24) is 4.90 Å². The van der Waals surface area contributed by atoms with Gasteiger partial charge >= 0.3 is 12.4 Å². The molecule has 0 N–H and O–H groups in total. The SMILES string of the molecule is C[C@@H](OC1CN2C(=O)C=C(c3ccc(F)cc3)CC2[C@@H]1c1ccc(F)cc1)c1cc(C(F)(F)F)cc(C(F)(F)F)c1. The fraction of sp³-hybridized carbons (Fsp3) is 0.300. The number of carbonyl (C=O) groups is 1. The average Bonchev–Trinajstić information content (AvgIpc) is 3.26. The van der Waals surface area contributed by atoms with E-state index in [1.165, 1.54) is 66.4 Å². The third-order valence-corrected chi connectivity index (χ3v) is 7.53. The van der Waals surface area contributed by atoms with E-state index in [1.807, 2.05) is 0 Å². The van der Waals surface area contributed by atoms with Crippen LogP contribution in [-0.2, 0) is 21.9 Å². The normalized spacial score (nSPS) is 22.0. The van der Waals surface area contributed by atoms with E-state index in [1.54, 1.807) is 0 Å². The minimum Gasteiger partial charge on any atom is -0.368 e. The molecule has 11 heteroatoms. The van der Waals surface area contributed by atoms with Crippen LogP contribution in [0.3, 0.4) is 0 Å². The molecule has 1 saturated heterocycles. The van der Waals surface area contributed by atoms with E-state index in [-0.39, 0.29) is 24.1 Å². The number of alkyl halides is 6. The van der Waals surface area contributed by atoms with Crippen LogP contribution in [-0.4, -0.2) is 29.5 Å². The molecular weight excluding hydrogens is 558 g/mol. The van der Waals surface area contributed by atoms with E-state index in [4.69, 9.17) is 4.74 Å². The minimum atomic E-state index is -5.02. The standard InChI is InChI=1S/C30H23F8NO2/c1-16(19-10-21(29(33,34)35)14-22(11-19)30(36,37)38)41-26-15-39-25(28(26)18-4-8-24(32)9-5-18)12-20(13-27(39)40)17-2-6-23(31)7-3-17/h2-11,13-14,16,25-26,28H,12,15H2,1H3/t16-,25?,26?,28+/m1/s1. The van der Waals surface area contributed by atoms with Crippen molar-refractivity contribution in [3.8, 4) is 0 Å². The van der Waals surface area contributed by atoms with Crippen molar-refractivity contribution < 1.29 is 44.7 Å². The molecule has 2 aliphatic rings. The second kappa shape index (κ2) is 10.6. The lowest BCUT2D eigenvalue weighted by atomic mass is 9.83. The first-order valence-corrected chi connectivity index (χ1v) is 12.7.